The molecule has 14 heavy (non-hydrogen) atoms. The maximum Gasteiger partial charge on any atom is 0.237 e. The van der Waals surface area contributed by atoms with Gasteiger partial charge in [-0.15, -0.1) is 0 Å². The molecule has 0 radical (unpaired) electrons. The van der Waals surface area contributed by atoms with E-state index in [2.05, 4.69) is 9.88 Å². The van der Waals surface area contributed by atoms with Crippen molar-refractivity contribution in [3.8, 4) is 0 Å². The smallest absolute Gasteiger partial charge is 0.237 e. The summed E-state index contributed by atoms with van der Waals surface area (Å²) in [5.41, 5.74) is 5.48. The summed E-state index contributed by atoms with van der Waals surface area (Å²) < 4.78 is 13.1. The highest BCUT2D eigenvalue weighted by atomic mass is 19.1. The summed E-state index contributed by atoms with van der Waals surface area (Å²) in [4.78, 5) is 5.93. The average Bonchev–Trinajstić information content (AvgIpc) is 2.23. The minimum absolute atomic E-state index is 0.116. The van der Waals surface area contributed by atoms with Crippen LogP contribution in [0.5, 0.6) is 0 Å². The fourth-order valence-electron chi connectivity index (χ4n) is 1.73. The molecular weight excluding hydrogens is 181 g/mol. The Morgan fingerprint density at radius 3 is 2.57 bits per heavy atom. The number of halogens is 1. The van der Waals surface area contributed by atoms with Gasteiger partial charge in [0.15, 0.2) is 0 Å². The molecule has 3 nitrogen and oxygen atoms in total. The first-order chi connectivity index (χ1) is 6.77. The van der Waals surface area contributed by atoms with Gasteiger partial charge in [-0.25, -0.2) is 4.98 Å². The molecular formula is C10H14FN3. The summed E-state index contributed by atoms with van der Waals surface area (Å²) in [7, 11) is 0. The minimum atomic E-state index is -0.562. The van der Waals surface area contributed by atoms with Crippen molar-refractivity contribution in [2.75, 3.05) is 23.7 Å². The molecule has 76 valence electrons. The molecule has 0 aromatic carbocycles. The summed E-state index contributed by atoms with van der Waals surface area (Å²) in [5, 5.41) is 0. The van der Waals surface area contributed by atoms with Gasteiger partial charge in [0.1, 0.15) is 5.82 Å². The first-order valence-corrected chi connectivity index (χ1v) is 4.94. The zero-order valence-corrected chi connectivity index (χ0v) is 8.04. The van der Waals surface area contributed by atoms with Crippen LogP contribution in [-0.2, 0) is 0 Å². The Bertz CT molecular complexity index is 321. The zero-order valence-electron chi connectivity index (χ0n) is 8.04. The van der Waals surface area contributed by atoms with Crippen LogP contribution in [0, 0.1) is 5.95 Å². The van der Waals surface area contributed by atoms with Gasteiger partial charge < -0.3 is 10.6 Å². The van der Waals surface area contributed by atoms with Crippen LogP contribution in [0.1, 0.15) is 19.3 Å². The van der Waals surface area contributed by atoms with Crippen LogP contribution in [0.3, 0.4) is 0 Å². The van der Waals surface area contributed by atoms with E-state index in [0.29, 0.717) is 5.82 Å². The number of hydrogen-bond acceptors (Lipinski definition) is 3. The third-order valence-corrected chi connectivity index (χ3v) is 2.54. The lowest BCUT2D eigenvalue weighted by Crippen LogP contribution is -2.30. The van der Waals surface area contributed by atoms with E-state index in [1.54, 1.807) is 12.1 Å². The second-order valence-electron chi connectivity index (χ2n) is 3.60. The number of nitrogen functional groups attached to an aromatic ring is 1. The lowest BCUT2D eigenvalue weighted by molar-refractivity contribution is 0.555. The van der Waals surface area contributed by atoms with Gasteiger partial charge in [-0.05, 0) is 31.4 Å². The number of hydrogen-bond donors (Lipinski definition) is 1. The van der Waals surface area contributed by atoms with E-state index in [-0.39, 0.29) is 5.69 Å². The Kier molecular flexibility index (Phi) is 2.52. The average molecular weight is 195 g/mol. The number of aromatic nitrogens is 1. The molecule has 1 aliphatic rings. The molecule has 1 aromatic heterocycles. The molecule has 1 fully saturated rings. The molecule has 0 unspecified atom stereocenters. The van der Waals surface area contributed by atoms with E-state index in [0.717, 1.165) is 25.9 Å². The van der Waals surface area contributed by atoms with Gasteiger partial charge in [-0.2, -0.15) is 4.39 Å². The van der Waals surface area contributed by atoms with Crippen molar-refractivity contribution in [2.45, 2.75) is 19.3 Å². The van der Waals surface area contributed by atoms with Gasteiger partial charge in [-0.1, -0.05) is 0 Å². The third-order valence-electron chi connectivity index (χ3n) is 2.54. The molecule has 0 bridgehead atoms. The highest BCUT2D eigenvalue weighted by Gasteiger charge is 2.13. The third kappa shape index (κ3) is 1.78. The number of piperidine rings is 1. The fourth-order valence-corrected chi connectivity index (χ4v) is 1.73. The summed E-state index contributed by atoms with van der Waals surface area (Å²) in [5.74, 6) is 0.143. The van der Waals surface area contributed by atoms with Gasteiger partial charge in [0.25, 0.3) is 0 Å². The lowest BCUT2D eigenvalue weighted by atomic mass is 10.1. The number of anilines is 2. The predicted octanol–water partition coefficient (Wildman–Crippen LogP) is 1.79. The molecule has 0 aliphatic carbocycles. The van der Waals surface area contributed by atoms with E-state index in [1.807, 2.05) is 0 Å². The van der Waals surface area contributed by atoms with E-state index in [9.17, 15) is 4.39 Å². The van der Waals surface area contributed by atoms with Crippen molar-refractivity contribution in [2.24, 2.45) is 0 Å². The Morgan fingerprint density at radius 2 is 1.93 bits per heavy atom. The number of pyridine rings is 1. The van der Waals surface area contributed by atoms with E-state index >= 15 is 0 Å². The van der Waals surface area contributed by atoms with Crippen molar-refractivity contribution in [3.05, 3.63) is 18.1 Å². The quantitative estimate of drug-likeness (QED) is 0.695. The molecule has 0 saturated carbocycles. The molecule has 1 aliphatic heterocycles. The van der Waals surface area contributed by atoms with Crippen LogP contribution in [0.2, 0.25) is 0 Å². The highest BCUT2D eigenvalue weighted by Crippen LogP contribution is 2.19. The van der Waals surface area contributed by atoms with E-state index < -0.39 is 5.95 Å². The molecule has 1 saturated heterocycles. The standard InChI is InChI=1S/C10H14FN3/c11-10-8(12)4-5-9(13-10)14-6-2-1-3-7-14/h4-5H,1-3,6-7,12H2. The van der Waals surface area contributed by atoms with Crippen LogP contribution >= 0.6 is 0 Å². The summed E-state index contributed by atoms with van der Waals surface area (Å²) in [6.45, 7) is 1.94. The van der Waals surface area contributed by atoms with Crippen LogP contribution in [0.4, 0.5) is 15.9 Å². The number of nitrogens with zero attached hydrogens (tertiary/aromatic N) is 2. The summed E-state index contributed by atoms with van der Waals surface area (Å²) >= 11 is 0. The molecule has 4 heteroatoms. The second kappa shape index (κ2) is 3.82. The molecule has 0 spiro atoms. The maximum atomic E-state index is 13.1. The van der Waals surface area contributed by atoms with Gasteiger partial charge in [-0.3, -0.25) is 0 Å². The normalized spacial score (nSPS) is 17.1. The molecule has 2 heterocycles. The molecule has 2 rings (SSSR count). The topological polar surface area (TPSA) is 42.1 Å². The molecule has 0 amide bonds. The summed E-state index contributed by atoms with van der Waals surface area (Å²) in [6, 6.07) is 3.36. The summed E-state index contributed by atoms with van der Waals surface area (Å²) in [6.07, 6.45) is 3.58. The molecule has 1 aromatic rings. The minimum Gasteiger partial charge on any atom is -0.395 e. The lowest BCUT2D eigenvalue weighted by Gasteiger charge is -2.27. The second-order valence-corrected chi connectivity index (χ2v) is 3.60. The first-order valence-electron chi connectivity index (χ1n) is 4.94. The van der Waals surface area contributed by atoms with Crippen molar-refractivity contribution >= 4 is 11.5 Å². The van der Waals surface area contributed by atoms with Gasteiger partial charge in [0, 0.05) is 13.1 Å². The Labute approximate surface area is 82.7 Å². The van der Waals surface area contributed by atoms with Crippen LogP contribution < -0.4 is 10.6 Å². The fraction of sp³-hybridized carbons (Fsp3) is 0.500. The first kappa shape index (κ1) is 9.24. The predicted molar refractivity (Wildman–Crippen MR) is 54.7 cm³/mol. The van der Waals surface area contributed by atoms with Crippen molar-refractivity contribution < 1.29 is 4.39 Å². The van der Waals surface area contributed by atoms with E-state index in [1.165, 1.54) is 6.42 Å². The van der Waals surface area contributed by atoms with Gasteiger partial charge in [0.05, 0.1) is 5.69 Å². The van der Waals surface area contributed by atoms with Crippen molar-refractivity contribution in [1.29, 1.82) is 0 Å². The highest BCUT2D eigenvalue weighted by molar-refractivity contribution is 5.46. The SMILES string of the molecule is Nc1ccc(N2CCCCC2)nc1F. The Balaban J connectivity index is 2.18. The van der Waals surface area contributed by atoms with Gasteiger partial charge >= 0.3 is 0 Å². The van der Waals surface area contributed by atoms with Crippen molar-refractivity contribution in [1.82, 2.24) is 4.98 Å². The van der Waals surface area contributed by atoms with Crippen LogP contribution in [0.15, 0.2) is 12.1 Å². The van der Waals surface area contributed by atoms with Gasteiger partial charge in [0.2, 0.25) is 5.95 Å². The zero-order chi connectivity index (χ0) is 9.97. The maximum absolute atomic E-state index is 13.1. The largest absolute Gasteiger partial charge is 0.395 e. The molecule has 0 atom stereocenters. The monoisotopic (exact) mass is 195 g/mol. The molecule has 2 N–H and O–H groups in total. The Hall–Kier alpha value is -1.32. The van der Waals surface area contributed by atoms with Crippen molar-refractivity contribution in [3.63, 3.8) is 0 Å². The van der Waals surface area contributed by atoms with Crippen LogP contribution in [-0.4, -0.2) is 18.1 Å². The number of rotatable bonds is 1. The Morgan fingerprint density at radius 1 is 1.21 bits per heavy atom. The number of nitrogens with two attached hydrogens (primary N) is 1. The van der Waals surface area contributed by atoms with E-state index in [4.69, 9.17) is 5.73 Å². The van der Waals surface area contributed by atoms with Crippen LogP contribution in [0.25, 0.3) is 0 Å².